The fraction of sp³-hybridized carbons (Fsp3) is 0.194. The van der Waals surface area contributed by atoms with Gasteiger partial charge in [-0.2, -0.15) is 5.10 Å². The predicted octanol–water partition coefficient (Wildman–Crippen LogP) is 5.90. The average molecular weight is 604 g/mol. The molecule has 1 aromatic heterocycles. The van der Waals surface area contributed by atoms with Crippen LogP contribution in [0.15, 0.2) is 83.9 Å². The standard InChI is InChI=1S/C31H28Cl2N6O3/c1-2-18-39-24-15-9-7-13-21(24)23(17-16-19-10-4-3-5-11-19)34-28(31(39)42)36-30(41)26-25(33)27(38-37-26)35-29(40)20-12-6-8-14-22(20)32/h3-15,28H,2,16-18H2,1H3,(H,36,41)(H2,35,37,38,40). The minimum Gasteiger partial charge on any atom is -0.321 e. The number of nitrogens with zero attached hydrogens (tertiary/aromatic N) is 3. The number of amides is 3. The van der Waals surface area contributed by atoms with Crippen molar-refractivity contribution in [3.05, 3.63) is 111 Å². The van der Waals surface area contributed by atoms with Crippen LogP contribution in [-0.2, 0) is 11.2 Å². The number of benzodiazepines with no additional fused rings is 1. The summed E-state index contributed by atoms with van der Waals surface area (Å²) < 4.78 is 0. The molecule has 4 aromatic rings. The zero-order chi connectivity index (χ0) is 29.6. The highest BCUT2D eigenvalue weighted by Gasteiger charge is 2.33. The summed E-state index contributed by atoms with van der Waals surface area (Å²) in [6, 6.07) is 24.1. The van der Waals surface area contributed by atoms with E-state index in [1.54, 1.807) is 29.2 Å². The molecule has 2 heterocycles. The van der Waals surface area contributed by atoms with Crippen molar-refractivity contribution in [2.45, 2.75) is 32.4 Å². The third kappa shape index (κ3) is 6.22. The van der Waals surface area contributed by atoms with Crippen molar-refractivity contribution in [1.29, 1.82) is 0 Å². The molecular formula is C31H28Cl2N6O3. The fourth-order valence-electron chi connectivity index (χ4n) is 4.73. The molecule has 0 fully saturated rings. The van der Waals surface area contributed by atoms with E-state index in [1.165, 1.54) is 0 Å². The number of fused-ring (bicyclic) bond motifs is 1. The van der Waals surface area contributed by atoms with Gasteiger partial charge in [0.1, 0.15) is 10.7 Å². The van der Waals surface area contributed by atoms with E-state index < -0.39 is 18.0 Å². The first kappa shape index (κ1) is 29.0. The highest BCUT2D eigenvalue weighted by Crippen LogP contribution is 2.29. The quantitative estimate of drug-likeness (QED) is 0.221. The zero-order valence-corrected chi connectivity index (χ0v) is 24.2. The van der Waals surface area contributed by atoms with E-state index in [9.17, 15) is 14.4 Å². The van der Waals surface area contributed by atoms with Crippen LogP contribution >= 0.6 is 23.2 Å². The van der Waals surface area contributed by atoms with Crippen LogP contribution < -0.4 is 15.5 Å². The highest BCUT2D eigenvalue weighted by molar-refractivity contribution is 6.37. The van der Waals surface area contributed by atoms with Crippen molar-refractivity contribution in [3.8, 4) is 0 Å². The Labute approximate surface area is 252 Å². The van der Waals surface area contributed by atoms with Gasteiger partial charge in [0.15, 0.2) is 5.82 Å². The number of anilines is 2. The highest BCUT2D eigenvalue weighted by atomic mass is 35.5. The number of aromatic nitrogens is 2. The molecule has 3 N–H and O–H groups in total. The SMILES string of the molecule is CCCN1C(=O)C(NC(=O)c2[nH]nc(NC(=O)c3ccccc3Cl)c2Cl)N=C(CCc2ccccc2)c2ccccc21. The number of carbonyl (C=O) groups is 3. The number of H-pyrrole nitrogens is 1. The van der Waals surface area contributed by atoms with Crippen molar-refractivity contribution in [1.82, 2.24) is 15.5 Å². The van der Waals surface area contributed by atoms with Crippen LogP contribution in [-0.4, -0.2) is 46.3 Å². The second-order valence-corrected chi connectivity index (χ2v) is 10.4. The number of nitrogens with one attached hydrogen (secondary N) is 3. The smallest absolute Gasteiger partial charge is 0.272 e. The molecule has 9 nitrogen and oxygen atoms in total. The lowest BCUT2D eigenvalue weighted by molar-refractivity contribution is -0.120. The van der Waals surface area contributed by atoms with Gasteiger partial charge in [-0.1, -0.05) is 90.8 Å². The summed E-state index contributed by atoms with van der Waals surface area (Å²) in [7, 11) is 0. The Bertz CT molecular complexity index is 1650. The number of hydrogen-bond donors (Lipinski definition) is 3. The second kappa shape index (κ2) is 13.0. The number of aliphatic imine (C=N–C) groups is 1. The summed E-state index contributed by atoms with van der Waals surface area (Å²) in [5, 5.41) is 12.0. The van der Waals surface area contributed by atoms with Crippen LogP contribution in [0.5, 0.6) is 0 Å². The van der Waals surface area contributed by atoms with Gasteiger partial charge in [-0.15, -0.1) is 0 Å². The lowest BCUT2D eigenvalue weighted by Crippen LogP contribution is -2.47. The number of aromatic amines is 1. The first-order chi connectivity index (χ1) is 20.4. The minimum atomic E-state index is -1.21. The molecule has 1 aliphatic rings. The maximum absolute atomic E-state index is 13.8. The molecule has 0 spiro atoms. The molecule has 0 saturated heterocycles. The van der Waals surface area contributed by atoms with Crippen molar-refractivity contribution in [2.24, 2.45) is 4.99 Å². The van der Waals surface area contributed by atoms with Gasteiger partial charge in [0.2, 0.25) is 6.17 Å². The van der Waals surface area contributed by atoms with Crippen LogP contribution in [0.25, 0.3) is 0 Å². The molecule has 0 aliphatic carbocycles. The van der Waals surface area contributed by atoms with Crippen molar-refractivity contribution >= 4 is 58.1 Å². The molecular weight excluding hydrogens is 575 g/mol. The summed E-state index contributed by atoms with van der Waals surface area (Å²) in [5.41, 5.74) is 3.53. The van der Waals surface area contributed by atoms with Crippen molar-refractivity contribution < 1.29 is 14.4 Å². The van der Waals surface area contributed by atoms with E-state index in [2.05, 4.69) is 20.8 Å². The molecule has 3 aromatic carbocycles. The third-order valence-electron chi connectivity index (χ3n) is 6.78. The Morgan fingerprint density at radius 1 is 0.929 bits per heavy atom. The number of rotatable bonds is 9. The van der Waals surface area contributed by atoms with Crippen LogP contribution in [0.2, 0.25) is 10.0 Å². The molecule has 5 rings (SSSR count). The largest absolute Gasteiger partial charge is 0.321 e. The molecule has 1 atom stereocenters. The van der Waals surface area contributed by atoms with E-state index in [1.807, 2.05) is 61.5 Å². The number of para-hydroxylation sites is 1. The first-order valence-electron chi connectivity index (χ1n) is 13.5. The maximum Gasteiger partial charge on any atom is 0.272 e. The number of aryl methyl sites for hydroxylation is 1. The topological polar surface area (TPSA) is 120 Å². The molecule has 0 bridgehead atoms. The van der Waals surface area contributed by atoms with Crippen molar-refractivity contribution in [3.63, 3.8) is 0 Å². The van der Waals surface area contributed by atoms with E-state index in [-0.39, 0.29) is 33.0 Å². The van der Waals surface area contributed by atoms with Gasteiger partial charge in [0.05, 0.1) is 16.3 Å². The van der Waals surface area contributed by atoms with Crippen LogP contribution in [0.1, 0.15) is 51.7 Å². The summed E-state index contributed by atoms with van der Waals surface area (Å²) in [6.07, 6.45) is 0.769. The summed E-state index contributed by atoms with van der Waals surface area (Å²) >= 11 is 12.6. The number of halogens is 2. The van der Waals surface area contributed by atoms with Gasteiger partial charge in [0.25, 0.3) is 17.7 Å². The average Bonchev–Trinajstić information content (AvgIpc) is 3.32. The molecule has 3 amide bonds. The number of carbonyl (C=O) groups excluding carboxylic acids is 3. The van der Waals surface area contributed by atoms with Crippen LogP contribution in [0.3, 0.4) is 0 Å². The Kier molecular flexibility index (Phi) is 9.00. The molecule has 1 unspecified atom stereocenters. The van der Waals surface area contributed by atoms with Gasteiger partial charge in [-0.05, 0) is 43.0 Å². The molecule has 11 heteroatoms. The monoisotopic (exact) mass is 602 g/mol. The number of hydrogen-bond acceptors (Lipinski definition) is 5. The number of benzene rings is 3. The molecule has 0 saturated carbocycles. The van der Waals surface area contributed by atoms with Gasteiger partial charge in [-0.25, -0.2) is 0 Å². The molecule has 0 radical (unpaired) electrons. The van der Waals surface area contributed by atoms with E-state index >= 15 is 0 Å². The normalized spacial score (nSPS) is 14.5. The fourth-order valence-corrected chi connectivity index (χ4v) is 5.17. The predicted molar refractivity (Wildman–Crippen MR) is 165 cm³/mol. The Balaban J connectivity index is 1.41. The third-order valence-corrected chi connectivity index (χ3v) is 7.48. The van der Waals surface area contributed by atoms with Crippen LogP contribution in [0.4, 0.5) is 11.5 Å². The van der Waals surface area contributed by atoms with Gasteiger partial charge >= 0.3 is 0 Å². The lowest BCUT2D eigenvalue weighted by Gasteiger charge is -2.25. The first-order valence-corrected chi connectivity index (χ1v) is 14.2. The van der Waals surface area contributed by atoms with Crippen LogP contribution in [0, 0.1) is 0 Å². The Hall–Kier alpha value is -4.47. The molecule has 1 aliphatic heterocycles. The van der Waals surface area contributed by atoms with E-state index in [0.717, 1.165) is 16.8 Å². The van der Waals surface area contributed by atoms with Gasteiger partial charge < -0.3 is 15.5 Å². The second-order valence-electron chi connectivity index (χ2n) is 9.64. The lowest BCUT2D eigenvalue weighted by atomic mass is 10.00. The maximum atomic E-state index is 13.8. The summed E-state index contributed by atoms with van der Waals surface area (Å²) in [4.78, 5) is 46.3. The molecule has 42 heavy (non-hydrogen) atoms. The Morgan fingerprint density at radius 2 is 1.64 bits per heavy atom. The van der Waals surface area contributed by atoms with Crippen molar-refractivity contribution in [2.75, 3.05) is 16.8 Å². The van der Waals surface area contributed by atoms with E-state index in [4.69, 9.17) is 28.2 Å². The zero-order valence-electron chi connectivity index (χ0n) is 22.7. The van der Waals surface area contributed by atoms with E-state index in [0.29, 0.717) is 31.5 Å². The van der Waals surface area contributed by atoms with Gasteiger partial charge in [0, 0.05) is 17.8 Å². The Morgan fingerprint density at radius 3 is 2.40 bits per heavy atom. The molecule has 214 valence electrons. The summed E-state index contributed by atoms with van der Waals surface area (Å²) in [6.45, 7) is 2.43. The minimum absolute atomic E-state index is 0.0500. The summed E-state index contributed by atoms with van der Waals surface area (Å²) in [5.74, 6) is -1.65. The van der Waals surface area contributed by atoms with Gasteiger partial charge in [-0.3, -0.25) is 24.5 Å².